The van der Waals surface area contributed by atoms with Crippen molar-refractivity contribution in [2.75, 3.05) is 5.32 Å². The number of amides is 1. The fourth-order valence-corrected chi connectivity index (χ4v) is 3.86. The second-order valence-corrected chi connectivity index (χ2v) is 7.74. The minimum absolute atomic E-state index is 0.164. The topological polar surface area (TPSA) is 59.8 Å². The minimum Gasteiger partial charge on any atom is -0.323 e. The molecule has 146 valence electrons. The van der Waals surface area contributed by atoms with Gasteiger partial charge in [-0.1, -0.05) is 35.9 Å². The van der Waals surface area contributed by atoms with E-state index in [4.69, 9.17) is 11.6 Å². The first-order valence-electron chi connectivity index (χ1n) is 8.84. The lowest BCUT2D eigenvalue weighted by Gasteiger charge is -2.03. The van der Waals surface area contributed by atoms with Crippen LogP contribution in [0.4, 0.5) is 10.1 Å². The molecule has 0 saturated carbocycles. The first kappa shape index (κ1) is 19.3. The first-order valence-corrected chi connectivity index (χ1v) is 10.1. The van der Waals surface area contributed by atoms with Crippen LogP contribution in [0.3, 0.4) is 0 Å². The fourth-order valence-electron chi connectivity index (χ4n) is 2.81. The molecule has 2 aromatic heterocycles. The molecule has 0 radical (unpaired) electrons. The smallest absolute Gasteiger partial charge is 0.230 e. The van der Waals surface area contributed by atoms with Crippen molar-refractivity contribution in [3.63, 3.8) is 0 Å². The van der Waals surface area contributed by atoms with Crippen molar-refractivity contribution in [2.24, 2.45) is 0 Å². The van der Waals surface area contributed by atoms with E-state index >= 15 is 0 Å². The standard InChI is InChI=1S/C21H16ClFN4OS/c22-18-3-1-2-4-19(18)27-12-17(11-24-27)25-20(28)10-16-13-29-21(26-16)9-14-5-7-15(23)8-6-14/h1-8,11-13H,9-10H2,(H,25,28). The number of thiazole rings is 1. The van der Waals surface area contributed by atoms with Crippen molar-refractivity contribution in [3.05, 3.63) is 93.4 Å². The molecule has 0 spiro atoms. The summed E-state index contributed by atoms with van der Waals surface area (Å²) in [5, 5.41) is 10.4. The van der Waals surface area contributed by atoms with E-state index in [1.807, 2.05) is 23.6 Å². The number of nitrogens with one attached hydrogen (secondary N) is 1. The number of halogens is 2. The molecule has 0 unspecified atom stereocenters. The molecule has 0 atom stereocenters. The summed E-state index contributed by atoms with van der Waals surface area (Å²) in [6.45, 7) is 0. The van der Waals surface area contributed by atoms with Crippen molar-refractivity contribution in [2.45, 2.75) is 12.8 Å². The largest absolute Gasteiger partial charge is 0.323 e. The van der Waals surface area contributed by atoms with Gasteiger partial charge in [0.15, 0.2) is 0 Å². The normalized spacial score (nSPS) is 10.8. The van der Waals surface area contributed by atoms with E-state index in [1.165, 1.54) is 23.5 Å². The molecule has 5 nitrogen and oxygen atoms in total. The van der Waals surface area contributed by atoms with Crippen molar-refractivity contribution in [1.82, 2.24) is 14.8 Å². The molecular weight excluding hydrogens is 411 g/mol. The van der Waals surface area contributed by atoms with Gasteiger partial charge in [-0.25, -0.2) is 14.1 Å². The zero-order valence-electron chi connectivity index (χ0n) is 15.2. The quantitative estimate of drug-likeness (QED) is 0.477. The van der Waals surface area contributed by atoms with Crippen LogP contribution < -0.4 is 5.32 Å². The van der Waals surface area contributed by atoms with E-state index in [1.54, 1.807) is 35.3 Å². The molecule has 1 amide bonds. The molecular formula is C21H16ClFN4OS. The number of nitrogens with zero attached hydrogens (tertiary/aromatic N) is 3. The number of benzene rings is 2. The Morgan fingerprint density at radius 2 is 1.97 bits per heavy atom. The monoisotopic (exact) mass is 426 g/mol. The first-order chi connectivity index (χ1) is 14.1. The summed E-state index contributed by atoms with van der Waals surface area (Å²) in [6.07, 6.45) is 4.05. The molecule has 2 aromatic carbocycles. The Morgan fingerprint density at radius 3 is 2.76 bits per heavy atom. The van der Waals surface area contributed by atoms with Crippen molar-refractivity contribution >= 4 is 34.5 Å². The van der Waals surface area contributed by atoms with Gasteiger partial charge < -0.3 is 5.32 Å². The van der Waals surface area contributed by atoms with Gasteiger partial charge in [0.1, 0.15) is 5.82 Å². The third-order valence-electron chi connectivity index (χ3n) is 4.18. The Kier molecular flexibility index (Phi) is 5.69. The Hall–Kier alpha value is -3.03. The predicted octanol–water partition coefficient (Wildman–Crippen LogP) is 4.89. The SMILES string of the molecule is O=C(Cc1csc(Cc2ccc(F)cc2)n1)Nc1cnn(-c2ccccc2Cl)c1. The Balaban J connectivity index is 1.36. The highest BCUT2D eigenvalue weighted by Gasteiger charge is 2.11. The van der Waals surface area contributed by atoms with Gasteiger partial charge in [0.2, 0.25) is 5.91 Å². The van der Waals surface area contributed by atoms with E-state index in [-0.39, 0.29) is 18.1 Å². The molecule has 4 aromatic rings. The maximum atomic E-state index is 13.0. The third kappa shape index (κ3) is 4.88. The van der Waals surface area contributed by atoms with Crippen LogP contribution in [-0.4, -0.2) is 20.7 Å². The van der Waals surface area contributed by atoms with E-state index in [0.717, 1.165) is 16.3 Å². The summed E-state index contributed by atoms with van der Waals surface area (Å²) >= 11 is 7.66. The van der Waals surface area contributed by atoms with Crippen LogP contribution in [0.5, 0.6) is 0 Å². The summed E-state index contributed by atoms with van der Waals surface area (Å²) in [6, 6.07) is 13.7. The second-order valence-electron chi connectivity index (χ2n) is 6.39. The molecule has 0 saturated heterocycles. The van der Waals surface area contributed by atoms with Crippen LogP contribution in [-0.2, 0) is 17.6 Å². The second kappa shape index (κ2) is 8.55. The number of anilines is 1. The minimum atomic E-state index is -0.261. The van der Waals surface area contributed by atoms with Crippen LogP contribution in [0, 0.1) is 5.82 Å². The van der Waals surface area contributed by atoms with Crippen LogP contribution in [0.1, 0.15) is 16.3 Å². The summed E-state index contributed by atoms with van der Waals surface area (Å²) in [5.41, 5.74) is 2.99. The van der Waals surface area contributed by atoms with Gasteiger partial charge >= 0.3 is 0 Å². The maximum Gasteiger partial charge on any atom is 0.230 e. The Bertz CT molecular complexity index is 1140. The molecule has 0 fully saturated rings. The molecule has 4 rings (SSSR count). The van der Waals surface area contributed by atoms with Gasteiger partial charge in [-0.15, -0.1) is 11.3 Å². The van der Waals surface area contributed by atoms with Gasteiger partial charge in [0.05, 0.1) is 45.9 Å². The van der Waals surface area contributed by atoms with E-state index in [0.29, 0.717) is 22.8 Å². The highest BCUT2D eigenvalue weighted by Crippen LogP contribution is 2.21. The Morgan fingerprint density at radius 1 is 1.17 bits per heavy atom. The molecule has 2 heterocycles. The maximum absolute atomic E-state index is 13.0. The Labute approximate surface area is 175 Å². The number of aromatic nitrogens is 3. The lowest BCUT2D eigenvalue weighted by Crippen LogP contribution is -2.14. The predicted molar refractivity (Wildman–Crippen MR) is 112 cm³/mol. The van der Waals surface area contributed by atoms with Crippen LogP contribution in [0.2, 0.25) is 5.02 Å². The number of rotatable bonds is 6. The van der Waals surface area contributed by atoms with Crippen molar-refractivity contribution in [1.29, 1.82) is 0 Å². The average Bonchev–Trinajstić information content (AvgIpc) is 3.33. The summed E-state index contributed by atoms with van der Waals surface area (Å²) in [5.74, 6) is -0.439. The molecule has 0 aliphatic rings. The average molecular weight is 427 g/mol. The van der Waals surface area contributed by atoms with Crippen LogP contribution >= 0.6 is 22.9 Å². The molecule has 8 heteroatoms. The van der Waals surface area contributed by atoms with E-state index in [2.05, 4.69) is 15.4 Å². The highest BCUT2D eigenvalue weighted by atomic mass is 35.5. The lowest BCUT2D eigenvalue weighted by atomic mass is 10.1. The van der Waals surface area contributed by atoms with Crippen molar-refractivity contribution in [3.8, 4) is 5.69 Å². The number of para-hydroxylation sites is 1. The van der Waals surface area contributed by atoms with Crippen molar-refractivity contribution < 1.29 is 9.18 Å². The van der Waals surface area contributed by atoms with E-state index < -0.39 is 0 Å². The van der Waals surface area contributed by atoms with Gasteiger partial charge in [0, 0.05) is 11.8 Å². The molecule has 29 heavy (non-hydrogen) atoms. The molecule has 0 bridgehead atoms. The van der Waals surface area contributed by atoms with Gasteiger partial charge in [-0.05, 0) is 29.8 Å². The van der Waals surface area contributed by atoms with E-state index in [9.17, 15) is 9.18 Å². The zero-order valence-corrected chi connectivity index (χ0v) is 16.8. The summed E-state index contributed by atoms with van der Waals surface area (Å²) in [7, 11) is 0. The van der Waals surface area contributed by atoms with Gasteiger partial charge in [0.25, 0.3) is 0 Å². The van der Waals surface area contributed by atoms with Gasteiger partial charge in [-0.2, -0.15) is 5.10 Å². The third-order valence-corrected chi connectivity index (χ3v) is 5.39. The van der Waals surface area contributed by atoms with Crippen LogP contribution in [0.15, 0.2) is 66.3 Å². The van der Waals surface area contributed by atoms with Gasteiger partial charge in [-0.3, -0.25) is 4.79 Å². The summed E-state index contributed by atoms with van der Waals surface area (Å²) < 4.78 is 14.6. The number of carbonyl (C=O) groups is 1. The summed E-state index contributed by atoms with van der Waals surface area (Å²) in [4.78, 5) is 16.8. The lowest BCUT2D eigenvalue weighted by molar-refractivity contribution is -0.115. The number of carbonyl (C=O) groups excluding carboxylic acids is 1. The van der Waals surface area contributed by atoms with Crippen LogP contribution in [0.25, 0.3) is 5.69 Å². The molecule has 0 aliphatic heterocycles. The number of hydrogen-bond donors (Lipinski definition) is 1. The molecule has 1 N–H and O–H groups in total. The zero-order chi connectivity index (χ0) is 20.2. The molecule has 0 aliphatic carbocycles. The highest BCUT2D eigenvalue weighted by molar-refractivity contribution is 7.09. The number of hydrogen-bond acceptors (Lipinski definition) is 4. The fraction of sp³-hybridized carbons (Fsp3) is 0.0952.